The van der Waals surface area contributed by atoms with E-state index in [1.165, 1.54) is 18.2 Å². The largest absolute Gasteiger partial charge is 0.322 e. The number of hydrazone groups is 1. The van der Waals surface area contributed by atoms with Gasteiger partial charge in [-0.15, -0.1) is 0 Å². The van der Waals surface area contributed by atoms with Gasteiger partial charge in [0, 0.05) is 28.4 Å². The van der Waals surface area contributed by atoms with E-state index in [0.717, 1.165) is 5.56 Å². The summed E-state index contributed by atoms with van der Waals surface area (Å²) in [6.45, 7) is 5.18. The molecule has 0 aliphatic heterocycles. The SMILES string of the molecule is CC(=NNC(=O)c1ccc(C)c([N+](=O)[O-])c1)c1cccc(NC(=O)c2ccccc2C)c1. The minimum atomic E-state index is -0.559. The van der Waals surface area contributed by atoms with Crippen molar-refractivity contribution in [2.24, 2.45) is 5.10 Å². The molecule has 0 saturated carbocycles. The lowest BCUT2D eigenvalue weighted by Gasteiger charge is -2.09. The topological polar surface area (TPSA) is 114 Å². The van der Waals surface area contributed by atoms with Crippen molar-refractivity contribution in [3.05, 3.63) is 105 Å². The lowest BCUT2D eigenvalue weighted by molar-refractivity contribution is -0.385. The van der Waals surface area contributed by atoms with Crippen molar-refractivity contribution in [1.29, 1.82) is 0 Å². The third-order valence-corrected chi connectivity index (χ3v) is 4.92. The second kappa shape index (κ2) is 9.65. The van der Waals surface area contributed by atoms with E-state index in [9.17, 15) is 19.7 Å². The average Bonchev–Trinajstić information content (AvgIpc) is 2.77. The van der Waals surface area contributed by atoms with Crippen LogP contribution < -0.4 is 10.7 Å². The molecule has 8 nitrogen and oxygen atoms in total. The first-order chi connectivity index (χ1) is 15.3. The first-order valence-electron chi connectivity index (χ1n) is 9.83. The van der Waals surface area contributed by atoms with Crippen LogP contribution in [-0.2, 0) is 0 Å². The Hall–Kier alpha value is -4.33. The number of hydrogen-bond donors (Lipinski definition) is 2. The Morgan fingerprint density at radius 3 is 2.34 bits per heavy atom. The van der Waals surface area contributed by atoms with E-state index in [2.05, 4.69) is 15.8 Å². The van der Waals surface area contributed by atoms with Gasteiger partial charge in [-0.1, -0.05) is 36.4 Å². The zero-order chi connectivity index (χ0) is 23.3. The van der Waals surface area contributed by atoms with Gasteiger partial charge in [-0.25, -0.2) is 5.43 Å². The van der Waals surface area contributed by atoms with E-state index >= 15 is 0 Å². The van der Waals surface area contributed by atoms with Gasteiger partial charge in [-0.2, -0.15) is 5.10 Å². The molecule has 3 aromatic rings. The molecule has 0 aliphatic carbocycles. The molecule has 0 saturated heterocycles. The van der Waals surface area contributed by atoms with Crippen LogP contribution in [0.3, 0.4) is 0 Å². The second-order valence-corrected chi connectivity index (χ2v) is 7.25. The molecule has 0 bridgehead atoms. The van der Waals surface area contributed by atoms with Crippen molar-refractivity contribution >= 4 is 28.9 Å². The molecule has 0 aliphatic rings. The molecule has 3 aromatic carbocycles. The zero-order valence-corrected chi connectivity index (χ0v) is 17.9. The summed E-state index contributed by atoms with van der Waals surface area (Å²) in [6, 6.07) is 18.6. The first-order valence-corrected chi connectivity index (χ1v) is 9.83. The first kappa shape index (κ1) is 22.4. The van der Waals surface area contributed by atoms with E-state index in [4.69, 9.17) is 0 Å². The number of rotatable bonds is 6. The van der Waals surface area contributed by atoms with Gasteiger partial charge in [0.1, 0.15) is 0 Å². The van der Waals surface area contributed by atoms with Gasteiger partial charge in [0.15, 0.2) is 0 Å². The molecular formula is C24H22N4O4. The van der Waals surface area contributed by atoms with Crippen LogP contribution in [0.5, 0.6) is 0 Å². The average molecular weight is 430 g/mol. The maximum Gasteiger partial charge on any atom is 0.273 e. The zero-order valence-electron chi connectivity index (χ0n) is 17.9. The van der Waals surface area contributed by atoms with Crippen LogP contribution in [0.4, 0.5) is 11.4 Å². The molecule has 0 unspecified atom stereocenters. The summed E-state index contributed by atoms with van der Waals surface area (Å²) >= 11 is 0. The highest BCUT2D eigenvalue weighted by Crippen LogP contribution is 2.19. The van der Waals surface area contributed by atoms with Crippen LogP contribution in [-0.4, -0.2) is 22.4 Å². The summed E-state index contributed by atoms with van der Waals surface area (Å²) < 4.78 is 0. The number of nitrogens with one attached hydrogen (secondary N) is 2. The molecule has 2 amide bonds. The highest BCUT2D eigenvalue weighted by molar-refractivity contribution is 6.06. The van der Waals surface area contributed by atoms with Gasteiger partial charge in [0.05, 0.1) is 10.6 Å². The molecule has 0 spiro atoms. The Bertz CT molecular complexity index is 1230. The summed E-state index contributed by atoms with van der Waals surface area (Å²) in [5.74, 6) is -0.777. The predicted molar refractivity (Wildman–Crippen MR) is 123 cm³/mol. The molecule has 8 heteroatoms. The summed E-state index contributed by atoms with van der Waals surface area (Å²) in [6.07, 6.45) is 0. The van der Waals surface area contributed by atoms with Crippen molar-refractivity contribution in [3.63, 3.8) is 0 Å². The number of nitro groups is 1. The smallest absolute Gasteiger partial charge is 0.273 e. The van der Waals surface area contributed by atoms with Crippen molar-refractivity contribution < 1.29 is 14.5 Å². The van der Waals surface area contributed by atoms with E-state index in [1.54, 1.807) is 50.2 Å². The Kier molecular flexibility index (Phi) is 6.74. The van der Waals surface area contributed by atoms with Crippen LogP contribution in [0.2, 0.25) is 0 Å². The normalized spacial score (nSPS) is 11.0. The number of aryl methyl sites for hydroxylation is 2. The fraction of sp³-hybridized carbons (Fsp3) is 0.125. The maximum atomic E-state index is 12.5. The van der Waals surface area contributed by atoms with Gasteiger partial charge in [0.2, 0.25) is 0 Å². The number of nitrogens with zero attached hydrogens (tertiary/aromatic N) is 2. The van der Waals surface area contributed by atoms with E-state index < -0.39 is 10.8 Å². The van der Waals surface area contributed by atoms with Gasteiger partial charge < -0.3 is 5.32 Å². The van der Waals surface area contributed by atoms with Gasteiger partial charge >= 0.3 is 0 Å². The highest BCUT2D eigenvalue weighted by Gasteiger charge is 2.15. The molecule has 2 N–H and O–H groups in total. The van der Waals surface area contributed by atoms with Crippen LogP contribution >= 0.6 is 0 Å². The Morgan fingerprint density at radius 1 is 0.875 bits per heavy atom. The number of carbonyl (C=O) groups excluding carboxylic acids is 2. The molecule has 0 aromatic heterocycles. The number of amides is 2. The van der Waals surface area contributed by atoms with Gasteiger partial charge in [-0.05, 0) is 56.2 Å². The van der Waals surface area contributed by atoms with Crippen LogP contribution in [0.25, 0.3) is 0 Å². The summed E-state index contributed by atoms with van der Waals surface area (Å²) in [5, 5.41) is 18.0. The minimum absolute atomic E-state index is 0.129. The number of carbonyl (C=O) groups is 2. The third kappa shape index (κ3) is 5.23. The number of anilines is 1. The molecule has 0 radical (unpaired) electrons. The minimum Gasteiger partial charge on any atom is -0.322 e. The summed E-state index contributed by atoms with van der Waals surface area (Å²) in [4.78, 5) is 35.5. The third-order valence-electron chi connectivity index (χ3n) is 4.92. The fourth-order valence-electron chi connectivity index (χ4n) is 3.06. The molecule has 0 fully saturated rings. The number of nitro benzene ring substituents is 1. The Balaban J connectivity index is 1.73. The quantitative estimate of drug-likeness (QED) is 0.337. The van der Waals surface area contributed by atoms with E-state index in [-0.39, 0.29) is 17.2 Å². The monoisotopic (exact) mass is 430 g/mol. The molecule has 0 atom stereocenters. The maximum absolute atomic E-state index is 12.5. The van der Waals surface area contributed by atoms with E-state index in [1.807, 2.05) is 19.1 Å². The van der Waals surface area contributed by atoms with Crippen LogP contribution in [0.1, 0.15) is 44.3 Å². The lowest BCUT2D eigenvalue weighted by Crippen LogP contribution is -2.19. The van der Waals surface area contributed by atoms with Crippen molar-refractivity contribution in [3.8, 4) is 0 Å². The molecule has 0 heterocycles. The number of benzene rings is 3. The van der Waals surface area contributed by atoms with Crippen molar-refractivity contribution in [2.45, 2.75) is 20.8 Å². The lowest BCUT2D eigenvalue weighted by atomic mass is 10.1. The van der Waals surface area contributed by atoms with Crippen molar-refractivity contribution in [2.75, 3.05) is 5.32 Å². The van der Waals surface area contributed by atoms with Crippen LogP contribution in [0.15, 0.2) is 71.8 Å². The fourth-order valence-corrected chi connectivity index (χ4v) is 3.06. The molecular weight excluding hydrogens is 408 g/mol. The van der Waals surface area contributed by atoms with Gasteiger partial charge in [0.25, 0.3) is 17.5 Å². The summed E-state index contributed by atoms with van der Waals surface area (Å²) in [7, 11) is 0. The summed E-state index contributed by atoms with van der Waals surface area (Å²) in [5.41, 5.74) is 6.14. The number of hydrogen-bond acceptors (Lipinski definition) is 5. The van der Waals surface area contributed by atoms with Crippen molar-refractivity contribution in [1.82, 2.24) is 5.43 Å². The molecule has 32 heavy (non-hydrogen) atoms. The molecule has 162 valence electrons. The Morgan fingerprint density at radius 2 is 1.62 bits per heavy atom. The van der Waals surface area contributed by atoms with Gasteiger partial charge in [-0.3, -0.25) is 19.7 Å². The van der Waals surface area contributed by atoms with E-state index in [0.29, 0.717) is 28.1 Å². The Labute approximate surface area is 185 Å². The highest BCUT2D eigenvalue weighted by atomic mass is 16.6. The standard InChI is InChI=1S/C24H22N4O4/c1-15-7-4-5-10-21(15)24(30)25-20-9-6-8-18(13-20)17(3)26-27-23(29)19-12-11-16(2)22(14-19)28(31)32/h4-14H,1-3H3,(H,25,30)(H,27,29). The molecule has 3 rings (SSSR count). The predicted octanol–water partition coefficient (Wildman–Crippen LogP) is 4.62. The second-order valence-electron chi connectivity index (χ2n) is 7.25. The van der Waals surface area contributed by atoms with Crippen LogP contribution in [0, 0.1) is 24.0 Å².